The van der Waals surface area contributed by atoms with Crippen LogP contribution in [0, 0.1) is 0 Å². The molecule has 1 fully saturated rings. The van der Waals surface area contributed by atoms with Crippen molar-refractivity contribution in [2.75, 3.05) is 20.3 Å². The fourth-order valence-corrected chi connectivity index (χ4v) is 3.24. The first-order valence-corrected chi connectivity index (χ1v) is 8.74. The zero-order valence-corrected chi connectivity index (χ0v) is 14.6. The second-order valence-corrected chi connectivity index (χ2v) is 6.32. The van der Waals surface area contributed by atoms with Crippen LogP contribution >= 0.6 is 0 Å². The van der Waals surface area contributed by atoms with Crippen LogP contribution in [-0.2, 0) is 24.4 Å². The third kappa shape index (κ3) is 4.36. The lowest BCUT2D eigenvalue weighted by atomic mass is 10.1. The van der Waals surface area contributed by atoms with E-state index in [1.165, 1.54) is 17.7 Å². The fraction of sp³-hybridized carbons (Fsp3) is 0.526. The van der Waals surface area contributed by atoms with Gasteiger partial charge in [0.05, 0.1) is 25.2 Å². The second kappa shape index (κ2) is 8.31. The average Bonchev–Trinajstić information content (AvgIpc) is 3.27. The van der Waals surface area contributed by atoms with Crippen molar-refractivity contribution in [1.29, 1.82) is 0 Å². The Balaban J connectivity index is 1.70. The summed E-state index contributed by atoms with van der Waals surface area (Å²) < 4.78 is 13.3. The Morgan fingerprint density at radius 3 is 2.79 bits per heavy atom. The molecule has 0 spiro atoms. The number of aromatic nitrogens is 2. The van der Waals surface area contributed by atoms with E-state index in [4.69, 9.17) is 9.47 Å². The lowest BCUT2D eigenvalue weighted by molar-refractivity contribution is 0.0671. The maximum absolute atomic E-state index is 5.85. The molecule has 0 amide bonds. The van der Waals surface area contributed by atoms with Gasteiger partial charge in [0, 0.05) is 39.0 Å². The zero-order chi connectivity index (χ0) is 16.8. The zero-order valence-electron chi connectivity index (χ0n) is 14.6. The van der Waals surface area contributed by atoms with Crippen LogP contribution < -0.4 is 4.74 Å². The van der Waals surface area contributed by atoms with E-state index in [-0.39, 0.29) is 0 Å². The molecule has 1 aliphatic heterocycles. The third-order valence-electron chi connectivity index (χ3n) is 4.58. The molecule has 3 rings (SSSR count). The Kier molecular flexibility index (Phi) is 5.88. The van der Waals surface area contributed by atoms with Gasteiger partial charge in [0.2, 0.25) is 0 Å². The van der Waals surface area contributed by atoms with Crippen LogP contribution in [0.2, 0.25) is 0 Å². The first-order chi connectivity index (χ1) is 11.8. The summed E-state index contributed by atoms with van der Waals surface area (Å²) >= 11 is 0. The smallest absolute Gasteiger partial charge is 0.118 e. The molecule has 0 aliphatic carbocycles. The molecule has 0 saturated carbocycles. The standard InChI is InChI=1S/C19H27N3O2/c1-3-22-15-20-11-17(22)13-21(14-19-5-4-10-24-19)12-16-6-8-18(23-2)9-7-16/h6-9,11,15,19H,3-5,10,12-14H2,1-2H3/t19-/m1/s1. The number of hydrogen-bond acceptors (Lipinski definition) is 4. The summed E-state index contributed by atoms with van der Waals surface area (Å²) in [6.45, 7) is 6.75. The van der Waals surface area contributed by atoms with Gasteiger partial charge in [0.15, 0.2) is 0 Å². The van der Waals surface area contributed by atoms with E-state index < -0.39 is 0 Å². The Morgan fingerprint density at radius 2 is 2.12 bits per heavy atom. The van der Waals surface area contributed by atoms with E-state index in [1.807, 2.05) is 24.7 Å². The van der Waals surface area contributed by atoms with Gasteiger partial charge >= 0.3 is 0 Å². The van der Waals surface area contributed by atoms with Gasteiger partial charge in [0.1, 0.15) is 5.75 Å². The minimum absolute atomic E-state index is 0.348. The first kappa shape index (κ1) is 17.0. The number of imidazole rings is 1. The van der Waals surface area contributed by atoms with Crippen LogP contribution in [0.25, 0.3) is 0 Å². The first-order valence-electron chi connectivity index (χ1n) is 8.74. The molecule has 24 heavy (non-hydrogen) atoms. The molecule has 1 saturated heterocycles. The third-order valence-corrected chi connectivity index (χ3v) is 4.58. The highest BCUT2D eigenvalue weighted by Gasteiger charge is 2.20. The summed E-state index contributed by atoms with van der Waals surface area (Å²) in [6.07, 6.45) is 6.56. The van der Waals surface area contributed by atoms with Gasteiger partial charge in [-0.1, -0.05) is 12.1 Å². The Hall–Kier alpha value is -1.85. The number of rotatable bonds is 8. The lowest BCUT2D eigenvalue weighted by Gasteiger charge is -2.25. The quantitative estimate of drug-likeness (QED) is 0.746. The molecule has 0 N–H and O–H groups in total. The van der Waals surface area contributed by atoms with Crippen molar-refractivity contribution in [1.82, 2.24) is 14.5 Å². The van der Waals surface area contributed by atoms with Crippen molar-refractivity contribution in [3.05, 3.63) is 48.0 Å². The topological polar surface area (TPSA) is 39.5 Å². The van der Waals surface area contributed by atoms with E-state index in [0.29, 0.717) is 6.10 Å². The second-order valence-electron chi connectivity index (χ2n) is 6.32. The van der Waals surface area contributed by atoms with Crippen molar-refractivity contribution >= 4 is 0 Å². The lowest BCUT2D eigenvalue weighted by Crippen LogP contribution is -2.32. The molecule has 2 heterocycles. The number of methoxy groups -OCH3 is 1. The summed E-state index contributed by atoms with van der Waals surface area (Å²) in [5.41, 5.74) is 2.54. The number of aryl methyl sites for hydroxylation is 1. The summed E-state index contributed by atoms with van der Waals surface area (Å²) in [5, 5.41) is 0. The molecule has 130 valence electrons. The maximum atomic E-state index is 5.85. The molecular weight excluding hydrogens is 302 g/mol. The maximum Gasteiger partial charge on any atom is 0.118 e. The van der Waals surface area contributed by atoms with Gasteiger partial charge < -0.3 is 14.0 Å². The van der Waals surface area contributed by atoms with Crippen molar-refractivity contribution in [2.45, 2.75) is 45.5 Å². The highest BCUT2D eigenvalue weighted by molar-refractivity contribution is 5.27. The van der Waals surface area contributed by atoms with Crippen LogP contribution in [0.1, 0.15) is 31.0 Å². The van der Waals surface area contributed by atoms with Crippen LogP contribution in [0.3, 0.4) is 0 Å². The molecule has 1 aromatic carbocycles. The molecule has 0 bridgehead atoms. The molecule has 5 nitrogen and oxygen atoms in total. The van der Waals surface area contributed by atoms with E-state index >= 15 is 0 Å². The predicted molar refractivity (Wildman–Crippen MR) is 94.0 cm³/mol. The van der Waals surface area contributed by atoms with E-state index in [0.717, 1.165) is 45.0 Å². The Bertz CT molecular complexity index is 618. The summed E-state index contributed by atoms with van der Waals surface area (Å²) in [4.78, 5) is 6.76. The van der Waals surface area contributed by atoms with Crippen molar-refractivity contribution in [3.63, 3.8) is 0 Å². The fourth-order valence-electron chi connectivity index (χ4n) is 3.24. The average molecular weight is 329 g/mol. The summed E-state index contributed by atoms with van der Waals surface area (Å²) in [7, 11) is 1.70. The minimum Gasteiger partial charge on any atom is -0.497 e. The minimum atomic E-state index is 0.348. The van der Waals surface area contributed by atoms with Crippen LogP contribution in [0.15, 0.2) is 36.8 Å². The normalized spacial score (nSPS) is 17.5. The van der Waals surface area contributed by atoms with Crippen LogP contribution in [-0.4, -0.2) is 40.8 Å². The molecule has 0 radical (unpaired) electrons. The van der Waals surface area contributed by atoms with E-state index in [9.17, 15) is 0 Å². The van der Waals surface area contributed by atoms with Crippen molar-refractivity contribution < 1.29 is 9.47 Å². The molecule has 5 heteroatoms. The molecule has 1 atom stereocenters. The van der Waals surface area contributed by atoms with Gasteiger partial charge in [0.25, 0.3) is 0 Å². The van der Waals surface area contributed by atoms with Gasteiger partial charge in [-0.2, -0.15) is 0 Å². The highest BCUT2D eigenvalue weighted by Crippen LogP contribution is 2.18. The van der Waals surface area contributed by atoms with Gasteiger partial charge in [-0.05, 0) is 37.5 Å². The van der Waals surface area contributed by atoms with Gasteiger partial charge in [-0.25, -0.2) is 4.98 Å². The van der Waals surface area contributed by atoms with E-state index in [2.05, 4.69) is 33.5 Å². The van der Waals surface area contributed by atoms with Gasteiger partial charge in [-0.15, -0.1) is 0 Å². The monoisotopic (exact) mass is 329 g/mol. The highest BCUT2D eigenvalue weighted by atomic mass is 16.5. The van der Waals surface area contributed by atoms with Crippen molar-refractivity contribution in [2.24, 2.45) is 0 Å². The molecule has 0 unspecified atom stereocenters. The largest absolute Gasteiger partial charge is 0.497 e. The molecule has 1 aliphatic rings. The number of benzene rings is 1. The van der Waals surface area contributed by atoms with Crippen LogP contribution in [0.4, 0.5) is 0 Å². The summed E-state index contributed by atoms with van der Waals surface area (Å²) in [5.74, 6) is 0.897. The summed E-state index contributed by atoms with van der Waals surface area (Å²) in [6, 6.07) is 8.32. The number of hydrogen-bond donors (Lipinski definition) is 0. The molecule has 1 aromatic heterocycles. The number of ether oxygens (including phenoxy) is 2. The van der Waals surface area contributed by atoms with E-state index in [1.54, 1.807) is 7.11 Å². The molecule has 2 aromatic rings. The van der Waals surface area contributed by atoms with Gasteiger partial charge in [-0.3, -0.25) is 4.90 Å². The van der Waals surface area contributed by atoms with Crippen molar-refractivity contribution in [3.8, 4) is 5.75 Å². The number of nitrogens with zero attached hydrogens (tertiary/aromatic N) is 3. The van der Waals surface area contributed by atoms with Crippen LogP contribution in [0.5, 0.6) is 5.75 Å². The SMILES string of the molecule is CCn1cncc1CN(Cc1ccc(OC)cc1)C[C@H]1CCCO1. The molecular formula is C19H27N3O2. The predicted octanol–water partition coefficient (Wildman–Crippen LogP) is 3.09. The Labute approximate surface area is 144 Å². The Morgan fingerprint density at radius 1 is 1.29 bits per heavy atom.